The van der Waals surface area contributed by atoms with Crippen molar-refractivity contribution in [2.24, 2.45) is 5.92 Å². The van der Waals surface area contributed by atoms with Crippen LogP contribution >= 0.6 is 11.6 Å². The predicted octanol–water partition coefficient (Wildman–Crippen LogP) is 2.91. The predicted molar refractivity (Wildman–Crippen MR) is 79.8 cm³/mol. The fraction of sp³-hybridized carbons (Fsp3) is 0.467. The number of anilines is 1. The molecule has 1 aliphatic heterocycles. The van der Waals surface area contributed by atoms with Crippen molar-refractivity contribution >= 4 is 29.1 Å². The van der Waals surface area contributed by atoms with E-state index in [1.165, 1.54) is 6.92 Å². The Balaban J connectivity index is 2.36. The lowest BCUT2D eigenvalue weighted by atomic mass is 10.1. The minimum Gasteiger partial charge on any atom is -0.341 e. The van der Waals surface area contributed by atoms with Crippen LogP contribution in [0, 0.1) is 5.92 Å². The van der Waals surface area contributed by atoms with E-state index >= 15 is 0 Å². The Morgan fingerprint density at radius 1 is 1.45 bits per heavy atom. The van der Waals surface area contributed by atoms with Gasteiger partial charge in [-0.05, 0) is 18.4 Å². The summed E-state index contributed by atoms with van der Waals surface area (Å²) in [5.74, 6) is 0.164. The van der Waals surface area contributed by atoms with Gasteiger partial charge in [-0.15, -0.1) is 0 Å². The van der Waals surface area contributed by atoms with Crippen LogP contribution in [0.2, 0.25) is 5.02 Å². The van der Waals surface area contributed by atoms with Gasteiger partial charge in [-0.3, -0.25) is 9.59 Å². The van der Waals surface area contributed by atoms with Gasteiger partial charge in [-0.1, -0.05) is 37.6 Å². The van der Waals surface area contributed by atoms with Gasteiger partial charge in [0.25, 0.3) is 5.91 Å². The van der Waals surface area contributed by atoms with Gasteiger partial charge >= 0.3 is 0 Å². The molecular weight excluding hydrogens is 276 g/mol. The van der Waals surface area contributed by atoms with Gasteiger partial charge in [0, 0.05) is 19.0 Å². The summed E-state index contributed by atoms with van der Waals surface area (Å²) in [7, 11) is 0. The van der Waals surface area contributed by atoms with E-state index in [0.29, 0.717) is 17.5 Å². The topological polar surface area (TPSA) is 49.4 Å². The van der Waals surface area contributed by atoms with E-state index in [4.69, 9.17) is 11.6 Å². The molecule has 1 aromatic rings. The first kappa shape index (κ1) is 14.9. The van der Waals surface area contributed by atoms with Crippen molar-refractivity contribution in [3.63, 3.8) is 0 Å². The van der Waals surface area contributed by atoms with Crippen molar-refractivity contribution in [3.8, 4) is 0 Å². The number of rotatable bonds is 4. The van der Waals surface area contributed by atoms with Crippen molar-refractivity contribution in [2.75, 3.05) is 11.4 Å². The first-order chi connectivity index (χ1) is 9.41. The summed E-state index contributed by atoms with van der Waals surface area (Å²) < 4.78 is 0. The Bertz CT molecular complexity index is 543. The Morgan fingerprint density at radius 2 is 2.15 bits per heavy atom. The highest BCUT2D eigenvalue weighted by Crippen LogP contribution is 2.41. The molecule has 4 nitrogen and oxygen atoms in total. The number of carbonyl (C=O) groups is 2. The van der Waals surface area contributed by atoms with Gasteiger partial charge in [-0.2, -0.15) is 0 Å². The second kappa shape index (κ2) is 5.83. The van der Waals surface area contributed by atoms with E-state index < -0.39 is 6.04 Å². The molecule has 0 bridgehead atoms. The molecule has 1 N–H and O–H groups in total. The van der Waals surface area contributed by atoms with E-state index in [0.717, 1.165) is 17.7 Å². The van der Waals surface area contributed by atoms with Crippen LogP contribution in [0.5, 0.6) is 0 Å². The number of carbonyl (C=O) groups excluding carboxylic acids is 2. The highest BCUT2D eigenvalue weighted by Gasteiger charge is 2.38. The van der Waals surface area contributed by atoms with Crippen LogP contribution in [0.4, 0.5) is 5.69 Å². The first-order valence-electron chi connectivity index (χ1n) is 6.78. The number of para-hydroxylation sites is 1. The highest BCUT2D eigenvalue weighted by atomic mass is 35.5. The third kappa shape index (κ3) is 2.80. The minimum absolute atomic E-state index is 0.107. The number of halogens is 1. The van der Waals surface area contributed by atoms with Crippen molar-refractivity contribution in [2.45, 2.75) is 33.2 Å². The molecule has 1 unspecified atom stereocenters. The van der Waals surface area contributed by atoms with Gasteiger partial charge in [0.15, 0.2) is 0 Å². The SMILES string of the molecule is CC(=O)NC1C(=O)N(CCC(C)C)c2c(Cl)cccc21. The van der Waals surface area contributed by atoms with Crippen LogP contribution < -0.4 is 10.2 Å². The Kier molecular flexibility index (Phi) is 4.33. The fourth-order valence-corrected chi connectivity index (χ4v) is 2.68. The molecule has 0 fully saturated rings. The standard InChI is InChI=1S/C15H19ClN2O2/c1-9(2)7-8-18-14-11(5-4-6-12(14)16)13(15(18)20)17-10(3)19/h4-6,9,13H,7-8H2,1-3H3,(H,17,19). The van der Waals surface area contributed by atoms with Crippen molar-refractivity contribution in [1.29, 1.82) is 0 Å². The zero-order chi connectivity index (χ0) is 14.9. The van der Waals surface area contributed by atoms with Crippen molar-refractivity contribution in [1.82, 2.24) is 5.32 Å². The lowest BCUT2D eigenvalue weighted by molar-refractivity contribution is -0.126. The number of amides is 2. The largest absolute Gasteiger partial charge is 0.341 e. The van der Waals surface area contributed by atoms with E-state index in [-0.39, 0.29) is 11.8 Å². The molecule has 0 saturated carbocycles. The van der Waals surface area contributed by atoms with Gasteiger partial charge in [-0.25, -0.2) is 0 Å². The molecule has 1 atom stereocenters. The number of nitrogens with zero attached hydrogens (tertiary/aromatic N) is 1. The number of nitrogens with one attached hydrogen (secondary N) is 1. The van der Waals surface area contributed by atoms with E-state index in [1.807, 2.05) is 6.07 Å². The quantitative estimate of drug-likeness (QED) is 0.928. The third-order valence-electron chi connectivity index (χ3n) is 3.39. The van der Waals surface area contributed by atoms with Crippen LogP contribution in [-0.4, -0.2) is 18.4 Å². The maximum absolute atomic E-state index is 12.5. The normalized spacial score (nSPS) is 17.6. The maximum atomic E-state index is 12.5. The summed E-state index contributed by atoms with van der Waals surface area (Å²) in [6, 6.07) is 4.80. The average Bonchev–Trinajstić information content (AvgIpc) is 2.61. The molecule has 1 heterocycles. The van der Waals surface area contributed by atoms with Crippen LogP contribution in [0.3, 0.4) is 0 Å². The summed E-state index contributed by atoms with van der Waals surface area (Å²) in [5.41, 5.74) is 1.51. The number of fused-ring (bicyclic) bond motifs is 1. The van der Waals surface area contributed by atoms with E-state index in [2.05, 4.69) is 19.2 Å². The van der Waals surface area contributed by atoms with Crippen molar-refractivity contribution in [3.05, 3.63) is 28.8 Å². The molecular formula is C15H19ClN2O2. The summed E-state index contributed by atoms with van der Waals surface area (Å²) in [6.45, 7) is 6.25. The molecule has 1 aromatic carbocycles. The molecule has 2 rings (SSSR count). The maximum Gasteiger partial charge on any atom is 0.254 e. The molecule has 108 valence electrons. The summed E-state index contributed by atoms with van der Waals surface area (Å²) >= 11 is 6.24. The van der Waals surface area contributed by atoms with Crippen LogP contribution in [-0.2, 0) is 9.59 Å². The average molecular weight is 295 g/mol. The lowest BCUT2D eigenvalue weighted by Gasteiger charge is -2.20. The molecule has 20 heavy (non-hydrogen) atoms. The Morgan fingerprint density at radius 3 is 2.75 bits per heavy atom. The van der Waals surface area contributed by atoms with Crippen LogP contribution in [0.25, 0.3) is 0 Å². The smallest absolute Gasteiger partial charge is 0.254 e. The van der Waals surface area contributed by atoms with E-state index in [1.54, 1.807) is 17.0 Å². The number of hydrogen-bond donors (Lipinski definition) is 1. The third-order valence-corrected chi connectivity index (χ3v) is 3.69. The van der Waals surface area contributed by atoms with Gasteiger partial charge in [0.1, 0.15) is 6.04 Å². The zero-order valence-corrected chi connectivity index (χ0v) is 12.7. The Labute approximate surface area is 124 Å². The van der Waals surface area contributed by atoms with Gasteiger partial charge in [0.2, 0.25) is 5.91 Å². The number of benzene rings is 1. The molecule has 0 radical (unpaired) electrons. The molecule has 2 amide bonds. The number of hydrogen-bond acceptors (Lipinski definition) is 2. The van der Waals surface area contributed by atoms with E-state index in [9.17, 15) is 9.59 Å². The molecule has 5 heteroatoms. The van der Waals surface area contributed by atoms with Crippen molar-refractivity contribution < 1.29 is 9.59 Å². The Hall–Kier alpha value is -1.55. The lowest BCUT2D eigenvalue weighted by Crippen LogP contribution is -2.37. The molecule has 0 aliphatic carbocycles. The highest BCUT2D eigenvalue weighted by molar-refractivity contribution is 6.34. The fourth-order valence-electron chi connectivity index (χ4n) is 2.40. The second-order valence-electron chi connectivity index (χ2n) is 5.48. The van der Waals surface area contributed by atoms with Gasteiger partial charge in [0.05, 0.1) is 10.7 Å². The van der Waals surface area contributed by atoms with Crippen LogP contribution in [0.15, 0.2) is 18.2 Å². The zero-order valence-electron chi connectivity index (χ0n) is 11.9. The molecule has 0 aromatic heterocycles. The summed E-state index contributed by atoms with van der Waals surface area (Å²) in [5, 5.41) is 3.25. The van der Waals surface area contributed by atoms with Crippen LogP contribution in [0.1, 0.15) is 38.8 Å². The summed E-state index contributed by atoms with van der Waals surface area (Å²) in [6.07, 6.45) is 0.892. The molecule has 0 saturated heterocycles. The second-order valence-corrected chi connectivity index (χ2v) is 5.89. The first-order valence-corrected chi connectivity index (χ1v) is 7.16. The summed E-state index contributed by atoms with van der Waals surface area (Å²) in [4.78, 5) is 25.5. The molecule has 1 aliphatic rings. The minimum atomic E-state index is -0.617. The monoisotopic (exact) mass is 294 g/mol. The molecule has 0 spiro atoms. The van der Waals surface area contributed by atoms with Gasteiger partial charge < -0.3 is 10.2 Å².